The van der Waals surface area contributed by atoms with Gasteiger partial charge in [-0.3, -0.25) is 0 Å². The largest absolute Gasteiger partial charge is 0.396 e. The molecule has 1 N–H and O–H groups in total. The molecule has 13 heavy (non-hydrogen) atoms. The van der Waals surface area contributed by atoms with E-state index in [1.165, 1.54) is 12.8 Å². The van der Waals surface area contributed by atoms with Crippen molar-refractivity contribution in [3.05, 3.63) is 12.2 Å². The molecule has 0 heterocycles. The van der Waals surface area contributed by atoms with Gasteiger partial charge in [0.25, 0.3) is 0 Å². The first-order chi connectivity index (χ1) is 6.04. The minimum atomic E-state index is 0.325. The summed E-state index contributed by atoms with van der Waals surface area (Å²) in [6.45, 7) is 7.26. The molecule has 0 aliphatic heterocycles. The number of aliphatic hydroxyl groups excluding tert-OH is 1. The highest BCUT2D eigenvalue weighted by Crippen LogP contribution is 2.37. The first kappa shape index (κ1) is 10.8. The molecule has 2 atom stereocenters. The third kappa shape index (κ3) is 3.15. The van der Waals surface area contributed by atoms with E-state index in [0.717, 1.165) is 12.3 Å². The third-order valence-corrected chi connectivity index (χ3v) is 3.14. The van der Waals surface area contributed by atoms with Crippen LogP contribution >= 0.6 is 0 Å². The van der Waals surface area contributed by atoms with Gasteiger partial charge >= 0.3 is 0 Å². The number of aliphatic hydroxyl groups is 1. The third-order valence-electron chi connectivity index (χ3n) is 3.14. The van der Waals surface area contributed by atoms with Crippen LogP contribution in [0, 0.1) is 17.3 Å². The van der Waals surface area contributed by atoms with Crippen molar-refractivity contribution in [2.24, 2.45) is 17.3 Å². The highest BCUT2D eigenvalue weighted by atomic mass is 16.3. The van der Waals surface area contributed by atoms with Crippen LogP contribution in [-0.4, -0.2) is 11.7 Å². The smallest absolute Gasteiger partial charge is 0.0436 e. The molecule has 1 aliphatic carbocycles. The van der Waals surface area contributed by atoms with Crippen LogP contribution in [0.1, 0.15) is 40.0 Å². The second kappa shape index (κ2) is 4.28. The van der Waals surface area contributed by atoms with Gasteiger partial charge in [-0.05, 0) is 36.5 Å². The Labute approximate surface area is 81.9 Å². The van der Waals surface area contributed by atoms with Crippen molar-refractivity contribution >= 4 is 0 Å². The van der Waals surface area contributed by atoms with Gasteiger partial charge in [-0.2, -0.15) is 0 Å². The molecule has 0 fully saturated rings. The van der Waals surface area contributed by atoms with Gasteiger partial charge in [-0.1, -0.05) is 32.9 Å². The minimum absolute atomic E-state index is 0.325. The average molecular weight is 182 g/mol. The highest BCUT2D eigenvalue weighted by molar-refractivity contribution is 4.98. The highest BCUT2D eigenvalue weighted by Gasteiger charge is 2.27. The van der Waals surface area contributed by atoms with Gasteiger partial charge in [-0.25, -0.2) is 0 Å². The quantitative estimate of drug-likeness (QED) is 0.651. The standard InChI is InChI=1S/C12H22O/c1-12(2,3)11-6-4-5-10(9-11)7-8-13/h4-5,10-11,13H,6-9H2,1-3H3. The Balaban J connectivity index is 2.51. The Morgan fingerprint density at radius 3 is 2.62 bits per heavy atom. The molecule has 2 unspecified atom stereocenters. The Hall–Kier alpha value is -0.300. The lowest BCUT2D eigenvalue weighted by molar-refractivity contribution is 0.182. The zero-order valence-corrected chi connectivity index (χ0v) is 9.09. The molecule has 0 amide bonds. The molecule has 0 spiro atoms. The van der Waals surface area contributed by atoms with E-state index >= 15 is 0 Å². The zero-order valence-electron chi connectivity index (χ0n) is 9.09. The van der Waals surface area contributed by atoms with Crippen LogP contribution < -0.4 is 0 Å². The van der Waals surface area contributed by atoms with Crippen LogP contribution in [0.4, 0.5) is 0 Å². The first-order valence-corrected chi connectivity index (χ1v) is 5.31. The molecule has 1 nitrogen and oxygen atoms in total. The van der Waals surface area contributed by atoms with Gasteiger partial charge in [0.2, 0.25) is 0 Å². The van der Waals surface area contributed by atoms with E-state index < -0.39 is 0 Å². The van der Waals surface area contributed by atoms with E-state index in [0.29, 0.717) is 17.9 Å². The average Bonchev–Trinajstić information content (AvgIpc) is 2.04. The normalized spacial score (nSPS) is 29.2. The fourth-order valence-electron chi connectivity index (χ4n) is 2.06. The maximum Gasteiger partial charge on any atom is 0.0436 e. The lowest BCUT2D eigenvalue weighted by atomic mass is 9.71. The summed E-state index contributed by atoms with van der Waals surface area (Å²) >= 11 is 0. The van der Waals surface area contributed by atoms with Crippen LogP contribution in [0.15, 0.2) is 12.2 Å². The van der Waals surface area contributed by atoms with Crippen molar-refractivity contribution in [2.75, 3.05) is 6.61 Å². The van der Waals surface area contributed by atoms with E-state index in [-0.39, 0.29) is 0 Å². The topological polar surface area (TPSA) is 20.2 Å². The van der Waals surface area contributed by atoms with E-state index in [1.807, 2.05) is 0 Å². The Morgan fingerprint density at radius 1 is 1.38 bits per heavy atom. The minimum Gasteiger partial charge on any atom is -0.396 e. The van der Waals surface area contributed by atoms with Gasteiger partial charge < -0.3 is 5.11 Å². The predicted molar refractivity (Wildman–Crippen MR) is 56.5 cm³/mol. The monoisotopic (exact) mass is 182 g/mol. The molecule has 0 aromatic carbocycles. The first-order valence-electron chi connectivity index (χ1n) is 5.31. The fraction of sp³-hybridized carbons (Fsp3) is 0.833. The predicted octanol–water partition coefficient (Wildman–Crippen LogP) is 3.00. The molecule has 0 radical (unpaired) electrons. The van der Waals surface area contributed by atoms with Crippen molar-refractivity contribution in [3.63, 3.8) is 0 Å². The van der Waals surface area contributed by atoms with Gasteiger partial charge in [-0.15, -0.1) is 0 Å². The van der Waals surface area contributed by atoms with Crippen LogP contribution in [0.3, 0.4) is 0 Å². The van der Waals surface area contributed by atoms with Gasteiger partial charge in [0.05, 0.1) is 0 Å². The van der Waals surface area contributed by atoms with Crippen molar-refractivity contribution in [2.45, 2.75) is 40.0 Å². The summed E-state index contributed by atoms with van der Waals surface area (Å²) in [5, 5.41) is 8.87. The fourth-order valence-corrected chi connectivity index (χ4v) is 2.06. The zero-order chi connectivity index (χ0) is 9.90. The maximum atomic E-state index is 8.87. The molecule has 0 saturated carbocycles. The van der Waals surface area contributed by atoms with Crippen LogP contribution in [-0.2, 0) is 0 Å². The molecular formula is C12H22O. The maximum absolute atomic E-state index is 8.87. The second-order valence-corrected chi connectivity index (χ2v) is 5.23. The van der Waals surface area contributed by atoms with E-state index in [9.17, 15) is 0 Å². The lowest BCUT2D eigenvalue weighted by Crippen LogP contribution is -2.24. The van der Waals surface area contributed by atoms with Crippen molar-refractivity contribution in [3.8, 4) is 0 Å². The lowest BCUT2D eigenvalue weighted by Gasteiger charge is -2.34. The summed E-state index contributed by atoms with van der Waals surface area (Å²) < 4.78 is 0. The van der Waals surface area contributed by atoms with Crippen molar-refractivity contribution in [1.82, 2.24) is 0 Å². The Kier molecular flexibility index (Phi) is 3.55. The van der Waals surface area contributed by atoms with Crippen LogP contribution in [0.25, 0.3) is 0 Å². The number of hydrogen-bond donors (Lipinski definition) is 1. The molecule has 0 saturated heterocycles. The molecule has 0 bridgehead atoms. The summed E-state index contributed by atoms with van der Waals surface area (Å²) in [6.07, 6.45) is 7.97. The molecule has 1 heteroatoms. The van der Waals surface area contributed by atoms with Gasteiger partial charge in [0.15, 0.2) is 0 Å². The van der Waals surface area contributed by atoms with Gasteiger partial charge in [0.1, 0.15) is 0 Å². The number of rotatable bonds is 2. The van der Waals surface area contributed by atoms with E-state index in [1.54, 1.807) is 0 Å². The summed E-state index contributed by atoms with van der Waals surface area (Å²) in [7, 11) is 0. The molecule has 76 valence electrons. The van der Waals surface area contributed by atoms with Crippen LogP contribution in [0.5, 0.6) is 0 Å². The Bertz CT molecular complexity index is 176. The van der Waals surface area contributed by atoms with Crippen LogP contribution in [0.2, 0.25) is 0 Å². The molecule has 0 aromatic rings. The Morgan fingerprint density at radius 2 is 2.08 bits per heavy atom. The van der Waals surface area contributed by atoms with E-state index in [2.05, 4.69) is 32.9 Å². The SMILES string of the molecule is CC(C)(C)C1CC=CC(CCO)C1. The second-order valence-electron chi connectivity index (χ2n) is 5.23. The number of allylic oxidation sites excluding steroid dienone is 2. The molecule has 1 rings (SSSR count). The summed E-state index contributed by atoms with van der Waals surface area (Å²) in [5.74, 6) is 1.40. The summed E-state index contributed by atoms with van der Waals surface area (Å²) in [5.41, 5.74) is 0.415. The summed E-state index contributed by atoms with van der Waals surface area (Å²) in [4.78, 5) is 0. The van der Waals surface area contributed by atoms with E-state index in [4.69, 9.17) is 5.11 Å². The van der Waals surface area contributed by atoms with Gasteiger partial charge in [0, 0.05) is 6.61 Å². The number of hydrogen-bond acceptors (Lipinski definition) is 1. The van der Waals surface area contributed by atoms with Crippen molar-refractivity contribution < 1.29 is 5.11 Å². The summed E-state index contributed by atoms with van der Waals surface area (Å²) in [6, 6.07) is 0. The molecule has 1 aliphatic rings. The molecule has 0 aromatic heterocycles. The molecular weight excluding hydrogens is 160 g/mol. The van der Waals surface area contributed by atoms with Crippen molar-refractivity contribution in [1.29, 1.82) is 0 Å².